The van der Waals surface area contributed by atoms with Crippen molar-refractivity contribution in [1.29, 1.82) is 0 Å². The summed E-state index contributed by atoms with van der Waals surface area (Å²) in [5, 5.41) is 10.1. The summed E-state index contributed by atoms with van der Waals surface area (Å²) in [6.07, 6.45) is -3.39. The molecule has 0 N–H and O–H groups in total. The molecule has 1 aromatic heterocycles. The number of benzene rings is 1. The number of hydrogen-bond acceptors (Lipinski definition) is 3. The fourth-order valence-electron chi connectivity index (χ4n) is 1.74. The Balaban J connectivity index is 2.40. The van der Waals surface area contributed by atoms with E-state index in [1.54, 1.807) is 0 Å². The van der Waals surface area contributed by atoms with Crippen molar-refractivity contribution >= 4 is 17.7 Å². The molecule has 2 aromatic rings. The Morgan fingerprint density at radius 3 is 2.59 bits per heavy atom. The maximum Gasteiger partial charge on any atom is 0.417 e. The van der Waals surface area contributed by atoms with E-state index >= 15 is 0 Å². The Labute approximate surface area is 128 Å². The molecule has 1 heterocycles. The molecule has 22 heavy (non-hydrogen) atoms. The van der Waals surface area contributed by atoms with Gasteiger partial charge in [0.2, 0.25) is 5.70 Å². The molecule has 0 saturated heterocycles. The monoisotopic (exact) mass is 331 g/mol. The number of furan rings is 1. The summed E-state index contributed by atoms with van der Waals surface area (Å²) in [6.45, 7) is 1.28. The lowest BCUT2D eigenvalue weighted by Gasteiger charge is -2.09. The summed E-state index contributed by atoms with van der Waals surface area (Å²) in [6, 6.07) is 6.24. The maximum absolute atomic E-state index is 12.8. The van der Waals surface area contributed by atoms with Gasteiger partial charge in [-0.2, -0.15) is 13.2 Å². The van der Waals surface area contributed by atoms with E-state index < -0.39 is 21.7 Å². The van der Waals surface area contributed by atoms with Crippen LogP contribution in [-0.4, -0.2) is 4.92 Å². The summed E-state index contributed by atoms with van der Waals surface area (Å²) in [5.41, 5.74) is -0.940. The topological polar surface area (TPSA) is 56.3 Å². The van der Waals surface area contributed by atoms with Crippen molar-refractivity contribution in [3.63, 3.8) is 0 Å². The van der Waals surface area contributed by atoms with E-state index in [1.165, 1.54) is 31.2 Å². The highest BCUT2D eigenvalue weighted by Crippen LogP contribution is 2.37. The Morgan fingerprint density at radius 2 is 2.00 bits per heavy atom. The summed E-state index contributed by atoms with van der Waals surface area (Å²) >= 11 is 5.54. The Kier molecular flexibility index (Phi) is 4.27. The standard InChI is InChI=1S/C14H9ClF3NO3/c1-8(19(20)21)6-10-3-5-13(22-10)9-2-4-12(15)11(7-9)14(16,17)18/h2-7H,1H3/b8-6+. The highest BCUT2D eigenvalue weighted by Gasteiger charge is 2.33. The van der Waals surface area contributed by atoms with Gasteiger partial charge in [0.15, 0.2) is 0 Å². The third-order valence-corrected chi connectivity index (χ3v) is 3.15. The van der Waals surface area contributed by atoms with Gasteiger partial charge in [-0.05, 0) is 30.3 Å². The Hall–Kier alpha value is -2.28. The number of allylic oxidation sites excluding steroid dienone is 1. The van der Waals surface area contributed by atoms with Crippen LogP contribution in [0.3, 0.4) is 0 Å². The highest BCUT2D eigenvalue weighted by molar-refractivity contribution is 6.31. The van der Waals surface area contributed by atoms with Crippen LogP contribution in [0.5, 0.6) is 0 Å². The minimum atomic E-state index is -4.58. The summed E-state index contributed by atoms with van der Waals surface area (Å²) in [5.74, 6) is 0.331. The molecule has 0 spiro atoms. The average Bonchev–Trinajstić information content (AvgIpc) is 2.86. The SMILES string of the molecule is C/C(=C\c1ccc(-c2ccc(Cl)c(C(F)(F)F)c2)o1)[N+](=O)[O-]. The Morgan fingerprint density at radius 1 is 1.32 bits per heavy atom. The van der Waals surface area contributed by atoms with Crippen LogP contribution in [0.2, 0.25) is 5.02 Å². The molecule has 0 aliphatic rings. The van der Waals surface area contributed by atoms with Crippen LogP contribution in [0, 0.1) is 10.1 Å². The van der Waals surface area contributed by atoms with Crippen molar-refractivity contribution in [1.82, 2.24) is 0 Å². The molecule has 8 heteroatoms. The number of hydrogen-bond donors (Lipinski definition) is 0. The molecule has 0 amide bonds. The van der Waals surface area contributed by atoms with E-state index in [0.717, 1.165) is 12.1 Å². The zero-order chi connectivity index (χ0) is 16.5. The van der Waals surface area contributed by atoms with E-state index in [1.807, 2.05) is 0 Å². The van der Waals surface area contributed by atoms with E-state index in [2.05, 4.69) is 0 Å². The van der Waals surface area contributed by atoms with Gasteiger partial charge < -0.3 is 4.42 Å². The molecule has 0 bridgehead atoms. The van der Waals surface area contributed by atoms with Crippen molar-refractivity contribution in [2.45, 2.75) is 13.1 Å². The van der Waals surface area contributed by atoms with Crippen molar-refractivity contribution in [3.8, 4) is 11.3 Å². The third-order valence-electron chi connectivity index (χ3n) is 2.82. The molecule has 0 atom stereocenters. The smallest absolute Gasteiger partial charge is 0.417 e. The first-order valence-corrected chi connectivity index (χ1v) is 6.36. The molecule has 116 valence electrons. The predicted octanol–water partition coefficient (Wildman–Crippen LogP) is 5.26. The van der Waals surface area contributed by atoms with Gasteiger partial charge in [-0.3, -0.25) is 10.1 Å². The number of nitro groups is 1. The van der Waals surface area contributed by atoms with Crippen LogP contribution in [0.4, 0.5) is 13.2 Å². The van der Waals surface area contributed by atoms with Gasteiger partial charge in [-0.25, -0.2) is 0 Å². The highest BCUT2D eigenvalue weighted by atomic mass is 35.5. The second-order valence-corrected chi connectivity index (χ2v) is 4.84. The fourth-order valence-corrected chi connectivity index (χ4v) is 1.96. The van der Waals surface area contributed by atoms with Gasteiger partial charge >= 0.3 is 6.18 Å². The van der Waals surface area contributed by atoms with E-state index in [4.69, 9.17) is 16.0 Å². The van der Waals surface area contributed by atoms with Crippen molar-refractivity contribution in [3.05, 3.63) is 62.5 Å². The van der Waals surface area contributed by atoms with Crippen molar-refractivity contribution in [2.24, 2.45) is 0 Å². The maximum atomic E-state index is 12.8. The molecule has 0 saturated carbocycles. The summed E-state index contributed by atoms with van der Waals surface area (Å²) in [4.78, 5) is 9.94. The van der Waals surface area contributed by atoms with E-state index in [-0.39, 0.29) is 22.8 Å². The molecular weight excluding hydrogens is 323 g/mol. The van der Waals surface area contributed by atoms with Gasteiger partial charge in [0, 0.05) is 12.5 Å². The van der Waals surface area contributed by atoms with Crippen LogP contribution in [0.1, 0.15) is 18.2 Å². The number of nitrogens with zero attached hydrogens (tertiary/aromatic N) is 1. The molecule has 2 rings (SSSR count). The largest absolute Gasteiger partial charge is 0.456 e. The minimum absolute atomic E-state index is 0.145. The molecule has 0 aliphatic heterocycles. The Bertz CT molecular complexity index is 750. The zero-order valence-electron chi connectivity index (χ0n) is 11.1. The first kappa shape index (κ1) is 16.1. The number of rotatable bonds is 3. The quantitative estimate of drug-likeness (QED) is 0.569. The lowest BCUT2D eigenvalue weighted by molar-refractivity contribution is -0.422. The molecule has 0 radical (unpaired) electrons. The van der Waals surface area contributed by atoms with Gasteiger partial charge in [0.1, 0.15) is 11.5 Å². The number of halogens is 4. The molecule has 0 aliphatic carbocycles. The lowest BCUT2D eigenvalue weighted by Crippen LogP contribution is -2.05. The van der Waals surface area contributed by atoms with Gasteiger partial charge in [-0.1, -0.05) is 11.6 Å². The second-order valence-electron chi connectivity index (χ2n) is 4.44. The molecule has 0 unspecified atom stereocenters. The van der Waals surface area contributed by atoms with Crippen LogP contribution in [0.15, 0.2) is 40.4 Å². The van der Waals surface area contributed by atoms with Gasteiger partial charge in [-0.15, -0.1) is 0 Å². The lowest BCUT2D eigenvalue weighted by atomic mass is 10.1. The molecular formula is C14H9ClF3NO3. The van der Waals surface area contributed by atoms with Gasteiger partial charge in [0.05, 0.1) is 21.6 Å². The van der Waals surface area contributed by atoms with Crippen molar-refractivity contribution in [2.75, 3.05) is 0 Å². The molecule has 4 nitrogen and oxygen atoms in total. The molecule has 1 aromatic carbocycles. The van der Waals surface area contributed by atoms with Crippen LogP contribution >= 0.6 is 11.6 Å². The summed E-state index contributed by atoms with van der Waals surface area (Å²) in [7, 11) is 0. The first-order valence-electron chi connectivity index (χ1n) is 5.98. The minimum Gasteiger partial charge on any atom is -0.456 e. The van der Waals surface area contributed by atoms with Crippen LogP contribution < -0.4 is 0 Å². The van der Waals surface area contributed by atoms with Crippen LogP contribution in [-0.2, 0) is 6.18 Å². The van der Waals surface area contributed by atoms with Gasteiger partial charge in [0.25, 0.3) is 0 Å². The van der Waals surface area contributed by atoms with Crippen LogP contribution in [0.25, 0.3) is 17.4 Å². The first-order chi connectivity index (χ1) is 10.2. The third kappa shape index (κ3) is 3.48. The predicted molar refractivity (Wildman–Crippen MR) is 74.8 cm³/mol. The normalized spacial score (nSPS) is 12.5. The summed E-state index contributed by atoms with van der Waals surface area (Å²) < 4.78 is 43.7. The zero-order valence-corrected chi connectivity index (χ0v) is 11.9. The fraction of sp³-hybridized carbons (Fsp3) is 0.143. The van der Waals surface area contributed by atoms with Crippen molar-refractivity contribution < 1.29 is 22.5 Å². The van der Waals surface area contributed by atoms with E-state index in [0.29, 0.717) is 0 Å². The molecule has 0 fully saturated rings. The number of alkyl halides is 3. The second kappa shape index (κ2) is 5.84. The van der Waals surface area contributed by atoms with E-state index in [9.17, 15) is 23.3 Å². The average molecular weight is 332 g/mol.